The van der Waals surface area contributed by atoms with E-state index >= 15 is 0 Å². The summed E-state index contributed by atoms with van der Waals surface area (Å²) in [4.78, 5) is 28.2. The molecule has 2 aromatic carbocycles. The van der Waals surface area contributed by atoms with Crippen LogP contribution in [0.4, 0.5) is 4.39 Å². The van der Waals surface area contributed by atoms with E-state index in [-0.39, 0.29) is 43.6 Å². The lowest BCUT2D eigenvalue weighted by Gasteiger charge is -2.28. The highest BCUT2D eigenvalue weighted by Gasteiger charge is 2.33. The summed E-state index contributed by atoms with van der Waals surface area (Å²) in [7, 11) is 1.27. The predicted molar refractivity (Wildman–Crippen MR) is 159 cm³/mol. The maximum Gasteiger partial charge on any atom is 0.338 e. The van der Waals surface area contributed by atoms with Crippen LogP contribution in [-0.4, -0.2) is 91.2 Å². The summed E-state index contributed by atoms with van der Waals surface area (Å²) in [6.45, 7) is 1.70. The monoisotopic (exact) mass is 645 g/mol. The molecule has 2 heterocycles. The summed E-state index contributed by atoms with van der Waals surface area (Å²) in [5.74, 6) is -1.69. The number of carboxylic acids is 1. The van der Waals surface area contributed by atoms with Crippen molar-refractivity contribution < 1.29 is 42.8 Å². The lowest BCUT2D eigenvalue weighted by Crippen LogP contribution is -2.35. The van der Waals surface area contributed by atoms with Gasteiger partial charge in [-0.05, 0) is 12.1 Å². The fraction of sp³-hybridized carbons (Fsp3) is 0.367. The summed E-state index contributed by atoms with van der Waals surface area (Å²) in [5.41, 5.74) is 2.36. The van der Waals surface area contributed by atoms with E-state index in [2.05, 4.69) is 15.6 Å². The van der Waals surface area contributed by atoms with E-state index in [0.29, 0.717) is 49.2 Å². The lowest BCUT2D eigenvalue weighted by atomic mass is 9.95. The van der Waals surface area contributed by atoms with Gasteiger partial charge in [-0.15, -0.1) is 5.10 Å². The summed E-state index contributed by atoms with van der Waals surface area (Å²) in [5, 5.41) is 20.0. The summed E-state index contributed by atoms with van der Waals surface area (Å²) in [6, 6.07) is 12.4. The molecule has 0 aliphatic carbocycles. The first-order valence-corrected chi connectivity index (χ1v) is 14.3. The summed E-state index contributed by atoms with van der Waals surface area (Å²) >= 11 is 6.41. The van der Waals surface area contributed by atoms with Crippen LogP contribution in [0.25, 0.3) is 0 Å². The van der Waals surface area contributed by atoms with E-state index < -0.39 is 23.8 Å². The Labute approximate surface area is 263 Å². The molecule has 0 amide bonds. The standard InChI is InChI=1S/C30H33ClFN5O8/c1-41-30(40)27-25(33-29(20-5-3-2-4-6-20)34-28(27)23-8-7-21(32)15-24(23)31)18-45-17-22-16-37(36-35-22)9-10-42-11-12-43-13-14-44-19-26(38)39/h2-8,15-16,28H,9-14,17-19H2,1H3,(H,33,34)(H,38,39). The Morgan fingerprint density at radius 1 is 1.00 bits per heavy atom. The Bertz CT molecular complexity index is 1500. The highest BCUT2D eigenvalue weighted by molar-refractivity contribution is 6.31. The molecule has 1 atom stereocenters. The second kappa shape index (κ2) is 17.3. The average molecular weight is 646 g/mol. The number of rotatable bonds is 18. The van der Waals surface area contributed by atoms with Crippen LogP contribution in [0, 0.1) is 5.82 Å². The zero-order chi connectivity index (χ0) is 32.0. The van der Waals surface area contributed by atoms with Gasteiger partial charge in [-0.1, -0.05) is 53.2 Å². The molecule has 4 rings (SSSR count). The normalized spacial score (nSPS) is 14.6. The van der Waals surface area contributed by atoms with E-state index in [1.165, 1.54) is 25.3 Å². The average Bonchev–Trinajstić information content (AvgIpc) is 3.49. The van der Waals surface area contributed by atoms with Crippen molar-refractivity contribution in [2.45, 2.75) is 19.2 Å². The molecule has 0 fully saturated rings. The van der Waals surface area contributed by atoms with Gasteiger partial charge in [-0.3, -0.25) is 4.99 Å². The van der Waals surface area contributed by atoms with E-state index in [1.807, 2.05) is 30.3 Å². The molecule has 1 aliphatic heterocycles. The van der Waals surface area contributed by atoms with Crippen molar-refractivity contribution in [3.05, 3.63) is 93.7 Å². The van der Waals surface area contributed by atoms with Gasteiger partial charge in [0.25, 0.3) is 0 Å². The van der Waals surface area contributed by atoms with Crippen LogP contribution in [-0.2, 0) is 46.4 Å². The largest absolute Gasteiger partial charge is 0.480 e. The van der Waals surface area contributed by atoms with Gasteiger partial charge in [0.15, 0.2) is 0 Å². The molecule has 1 unspecified atom stereocenters. The van der Waals surface area contributed by atoms with Crippen LogP contribution in [0.3, 0.4) is 0 Å². The quantitative estimate of drug-likeness (QED) is 0.155. The third kappa shape index (κ3) is 10.2. The Hall–Kier alpha value is -4.21. The molecule has 3 aromatic rings. The number of aliphatic carboxylic acids is 1. The molecule has 0 spiro atoms. The van der Waals surface area contributed by atoms with Gasteiger partial charge >= 0.3 is 11.9 Å². The van der Waals surface area contributed by atoms with Crippen molar-refractivity contribution in [1.82, 2.24) is 20.3 Å². The molecule has 0 saturated carbocycles. The van der Waals surface area contributed by atoms with Crippen LogP contribution >= 0.6 is 11.6 Å². The first kappa shape index (κ1) is 33.7. The topological polar surface area (TPSA) is 156 Å². The third-order valence-electron chi connectivity index (χ3n) is 6.35. The number of carboxylic acid groups (broad SMARTS) is 1. The van der Waals surface area contributed by atoms with Gasteiger partial charge in [-0.2, -0.15) is 0 Å². The number of hydrogen-bond acceptors (Lipinski definition) is 11. The second-order valence-electron chi connectivity index (χ2n) is 9.56. The van der Waals surface area contributed by atoms with Crippen LogP contribution in [0.2, 0.25) is 5.02 Å². The van der Waals surface area contributed by atoms with E-state index in [0.717, 1.165) is 5.56 Å². The zero-order valence-corrected chi connectivity index (χ0v) is 25.2. The van der Waals surface area contributed by atoms with Gasteiger partial charge in [0.1, 0.15) is 30.0 Å². The fourth-order valence-corrected chi connectivity index (χ4v) is 4.55. The minimum Gasteiger partial charge on any atom is -0.480 e. The number of nitrogens with one attached hydrogen (secondary N) is 1. The van der Waals surface area contributed by atoms with Gasteiger partial charge in [0.2, 0.25) is 0 Å². The maximum atomic E-state index is 13.9. The number of methoxy groups -OCH3 is 1. The number of aliphatic imine (C=N–C) groups is 1. The number of carbonyl (C=O) groups excluding carboxylic acids is 1. The smallest absolute Gasteiger partial charge is 0.338 e. The van der Waals surface area contributed by atoms with Crippen LogP contribution in [0.5, 0.6) is 0 Å². The molecule has 1 aromatic heterocycles. The third-order valence-corrected chi connectivity index (χ3v) is 6.68. The Balaban J connectivity index is 1.34. The predicted octanol–water partition coefficient (Wildman–Crippen LogP) is 2.94. The molecular formula is C30H33ClFN5O8. The van der Waals surface area contributed by atoms with Gasteiger partial charge in [0, 0.05) is 16.1 Å². The number of benzene rings is 2. The molecule has 15 heteroatoms. The molecule has 1 aliphatic rings. The lowest BCUT2D eigenvalue weighted by molar-refractivity contribution is -0.142. The Kier molecular flexibility index (Phi) is 13.0. The van der Waals surface area contributed by atoms with Crippen LogP contribution < -0.4 is 5.32 Å². The highest BCUT2D eigenvalue weighted by Crippen LogP contribution is 2.36. The first-order chi connectivity index (χ1) is 21.9. The molecule has 13 nitrogen and oxygen atoms in total. The van der Waals surface area contributed by atoms with Crippen molar-refractivity contribution >= 4 is 29.4 Å². The van der Waals surface area contributed by atoms with Gasteiger partial charge in [-0.25, -0.2) is 18.7 Å². The molecule has 240 valence electrons. The number of hydrogen-bond donors (Lipinski definition) is 2. The molecule has 0 radical (unpaired) electrons. The minimum absolute atomic E-state index is 0.0249. The fourth-order valence-electron chi connectivity index (χ4n) is 4.28. The first-order valence-electron chi connectivity index (χ1n) is 13.9. The molecule has 0 bridgehead atoms. The summed E-state index contributed by atoms with van der Waals surface area (Å²) < 4.78 is 42.2. The Morgan fingerprint density at radius 2 is 1.73 bits per heavy atom. The maximum absolute atomic E-state index is 13.9. The summed E-state index contributed by atoms with van der Waals surface area (Å²) in [6.07, 6.45) is 1.72. The Morgan fingerprint density at radius 3 is 2.44 bits per heavy atom. The number of halogens is 2. The van der Waals surface area contributed by atoms with Crippen molar-refractivity contribution in [1.29, 1.82) is 0 Å². The zero-order valence-electron chi connectivity index (χ0n) is 24.5. The van der Waals surface area contributed by atoms with Crippen LogP contribution in [0.1, 0.15) is 22.9 Å². The van der Waals surface area contributed by atoms with Gasteiger partial charge in [0.05, 0.1) is 77.4 Å². The molecule has 0 saturated heterocycles. The van der Waals surface area contributed by atoms with Crippen molar-refractivity contribution in [2.24, 2.45) is 4.99 Å². The van der Waals surface area contributed by atoms with Crippen molar-refractivity contribution in [2.75, 3.05) is 53.4 Å². The molecular weight excluding hydrogens is 613 g/mol. The molecule has 45 heavy (non-hydrogen) atoms. The number of ether oxygens (including phenoxy) is 5. The highest BCUT2D eigenvalue weighted by atomic mass is 35.5. The number of aromatic nitrogens is 3. The number of amidine groups is 1. The SMILES string of the molecule is COC(=O)C1=C(COCc2cn(CCOCCOCCOCC(=O)O)nn2)NC(c2ccccc2)=NC1c1ccc(F)cc1Cl. The van der Waals surface area contributed by atoms with Gasteiger partial charge < -0.3 is 34.1 Å². The second-order valence-corrected chi connectivity index (χ2v) is 9.96. The van der Waals surface area contributed by atoms with Crippen molar-refractivity contribution in [3.8, 4) is 0 Å². The number of nitrogens with zero attached hydrogens (tertiary/aromatic N) is 4. The number of carbonyl (C=O) groups is 2. The van der Waals surface area contributed by atoms with E-state index in [1.54, 1.807) is 10.9 Å². The number of esters is 1. The van der Waals surface area contributed by atoms with E-state index in [9.17, 15) is 14.0 Å². The van der Waals surface area contributed by atoms with Crippen LogP contribution in [0.15, 0.2) is 71.0 Å². The van der Waals surface area contributed by atoms with E-state index in [4.69, 9.17) is 45.4 Å². The molecule has 2 N–H and O–H groups in total. The minimum atomic E-state index is -1.03. The van der Waals surface area contributed by atoms with Crippen molar-refractivity contribution in [3.63, 3.8) is 0 Å².